The molecule has 1 fully saturated rings. The first-order valence-corrected chi connectivity index (χ1v) is 7.21. The molecule has 0 unspecified atom stereocenters. The van der Waals surface area contributed by atoms with Gasteiger partial charge in [0.05, 0.1) is 12.6 Å². The highest BCUT2D eigenvalue weighted by molar-refractivity contribution is 5.51. The first-order valence-electron chi connectivity index (χ1n) is 7.21. The molecule has 1 saturated heterocycles. The number of anilines is 1. The van der Waals surface area contributed by atoms with Crippen molar-refractivity contribution >= 4 is 5.69 Å². The Kier molecular flexibility index (Phi) is 4.24. The number of hydrogen-bond donors (Lipinski definition) is 1. The van der Waals surface area contributed by atoms with E-state index in [9.17, 15) is 13.9 Å². The number of alkyl halides is 1. The minimum Gasteiger partial charge on any atom is -0.454 e. The van der Waals surface area contributed by atoms with E-state index in [1.807, 2.05) is 4.90 Å². The summed E-state index contributed by atoms with van der Waals surface area (Å²) >= 11 is 0. The molecule has 22 heavy (non-hydrogen) atoms. The molecular weight excluding hydrogens is 288 g/mol. The van der Waals surface area contributed by atoms with Crippen molar-refractivity contribution in [2.45, 2.75) is 18.6 Å². The lowest BCUT2D eigenvalue weighted by atomic mass is 10.2. The molecule has 0 saturated carbocycles. The van der Waals surface area contributed by atoms with Crippen LogP contribution in [0, 0.1) is 5.82 Å². The normalized spacial score (nSPS) is 21.1. The van der Waals surface area contributed by atoms with Crippen molar-refractivity contribution in [2.24, 2.45) is 0 Å². The van der Waals surface area contributed by atoms with Crippen LogP contribution in [-0.2, 0) is 0 Å². The quantitative estimate of drug-likeness (QED) is 0.938. The summed E-state index contributed by atoms with van der Waals surface area (Å²) in [5.41, 5.74) is 0.820. The zero-order chi connectivity index (χ0) is 15.5. The number of hydrogen-bond acceptors (Lipinski definition) is 3. The van der Waals surface area contributed by atoms with Crippen LogP contribution >= 0.6 is 0 Å². The molecule has 0 bridgehead atoms. The monoisotopic (exact) mass is 305 g/mol. The third-order valence-corrected chi connectivity index (χ3v) is 3.81. The van der Waals surface area contributed by atoms with Gasteiger partial charge in [0.15, 0.2) is 11.6 Å². The zero-order valence-corrected chi connectivity index (χ0v) is 12.0. The lowest BCUT2D eigenvalue weighted by Gasteiger charge is -2.25. The molecule has 2 aromatic rings. The van der Waals surface area contributed by atoms with Crippen LogP contribution in [0.25, 0.3) is 0 Å². The number of aliphatic hydroxyl groups excluding tert-OH is 1. The van der Waals surface area contributed by atoms with Crippen LogP contribution in [0.1, 0.15) is 6.42 Å². The molecule has 0 spiro atoms. The van der Waals surface area contributed by atoms with Gasteiger partial charge in [0.2, 0.25) is 0 Å². The fourth-order valence-corrected chi connectivity index (χ4v) is 2.71. The summed E-state index contributed by atoms with van der Waals surface area (Å²) in [6, 6.07) is 13.0. The molecule has 2 aromatic carbocycles. The number of ether oxygens (including phenoxy) is 1. The van der Waals surface area contributed by atoms with Gasteiger partial charge in [0, 0.05) is 18.7 Å². The van der Waals surface area contributed by atoms with Crippen LogP contribution in [0.5, 0.6) is 11.5 Å². The maximum atomic E-state index is 13.5. The van der Waals surface area contributed by atoms with Crippen LogP contribution in [0.4, 0.5) is 14.5 Å². The van der Waals surface area contributed by atoms with Crippen molar-refractivity contribution in [3.8, 4) is 11.5 Å². The fraction of sp³-hybridized carbons (Fsp3) is 0.294. The Labute approximate surface area is 127 Å². The van der Waals surface area contributed by atoms with Crippen LogP contribution in [0.3, 0.4) is 0 Å². The van der Waals surface area contributed by atoms with Gasteiger partial charge in [-0.2, -0.15) is 0 Å². The van der Waals surface area contributed by atoms with Gasteiger partial charge < -0.3 is 14.7 Å². The molecule has 1 heterocycles. The first-order chi connectivity index (χ1) is 10.7. The van der Waals surface area contributed by atoms with E-state index < -0.39 is 12.0 Å². The van der Waals surface area contributed by atoms with E-state index in [2.05, 4.69) is 0 Å². The van der Waals surface area contributed by atoms with Gasteiger partial charge in [0.25, 0.3) is 0 Å². The minimum absolute atomic E-state index is 0.0755. The van der Waals surface area contributed by atoms with Crippen molar-refractivity contribution in [3.63, 3.8) is 0 Å². The van der Waals surface area contributed by atoms with Crippen LogP contribution in [0.2, 0.25) is 0 Å². The molecule has 2 atom stereocenters. The third-order valence-electron chi connectivity index (χ3n) is 3.81. The summed E-state index contributed by atoms with van der Waals surface area (Å²) < 4.78 is 32.5. The molecule has 116 valence electrons. The first kappa shape index (κ1) is 14.8. The van der Waals surface area contributed by atoms with Gasteiger partial charge in [-0.25, -0.2) is 8.78 Å². The summed E-state index contributed by atoms with van der Waals surface area (Å²) in [7, 11) is 0. The van der Waals surface area contributed by atoms with Crippen molar-refractivity contribution in [1.82, 2.24) is 0 Å². The van der Waals surface area contributed by atoms with Crippen molar-refractivity contribution < 1.29 is 18.6 Å². The van der Waals surface area contributed by atoms with Gasteiger partial charge in [-0.15, -0.1) is 0 Å². The summed E-state index contributed by atoms with van der Waals surface area (Å²) in [5, 5.41) is 9.32. The van der Waals surface area contributed by atoms with E-state index in [1.165, 1.54) is 6.07 Å². The highest BCUT2D eigenvalue weighted by Crippen LogP contribution is 2.30. The third kappa shape index (κ3) is 3.04. The fourth-order valence-electron chi connectivity index (χ4n) is 2.71. The van der Waals surface area contributed by atoms with Crippen molar-refractivity contribution in [2.75, 3.05) is 18.1 Å². The van der Waals surface area contributed by atoms with Crippen molar-refractivity contribution in [3.05, 3.63) is 54.3 Å². The van der Waals surface area contributed by atoms with E-state index >= 15 is 0 Å². The zero-order valence-electron chi connectivity index (χ0n) is 12.0. The summed E-state index contributed by atoms with van der Waals surface area (Å²) in [6.07, 6.45) is -0.587. The van der Waals surface area contributed by atoms with Crippen LogP contribution in [0.15, 0.2) is 48.5 Å². The number of benzene rings is 2. The highest BCUT2D eigenvalue weighted by Gasteiger charge is 2.31. The number of para-hydroxylation sites is 1. The number of nitrogens with zero attached hydrogens (tertiary/aromatic N) is 1. The average molecular weight is 305 g/mol. The molecular formula is C17H17F2NO2. The Morgan fingerprint density at radius 3 is 2.55 bits per heavy atom. The molecule has 1 aliphatic heterocycles. The molecule has 1 aliphatic rings. The molecule has 5 heteroatoms. The lowest BCUT2D eigenvalue weighted by molar-refractivity contribution is 0.255. The average Bonchev–Trinajstić information content (AvgIpc) is 2.91. The Morgan fingerprint density at radius 2 is 1.86 bits per heavy atom. The number of halogens is 2. The molecule has 0 aromatic heterocycles. The van der Waals surface area contributed by atoms with Gasteiger partial charge >= 0.3 is 0 Å². The molecule has 3 nitrogen and oxygen atoms in total. The van der Waals surface area contributed by atoms with E-state index in [0.717, 1.165) is 5.69 Å². The smallest absolute Gasteiger partial charge is 0.165 e. The van der Waals surface area contributed by atoms with E-state index in [-0.39, 0.29) is 24.9 Å². The minimum atomic E-state index is -0.925. The standard InChI is InChI=1S/C17H17F2NO2/c18-12-9-14(11-21)20(10-12)13-5-7-15(8-6-13)22-17-4-2-1-3-16(17)19/h1-8,12,14,21H,9-11H2/t12-,14-/m0/s1. The van der Waals surface area contributed by atoms with Gasteiger partial charge in [0.1, 0.15) is 11.9 Å². The second-order valence-electron chi connectivity index (χ2n) is 5.35. The second-order valence-corrected chi connectivity index (χ2v) is 5.35. The predicted molar refractivity (Wildman–Crippen MR) is 80.6 cm³/mol. The maximum Gasteiger partial charge on any atom is 0.165 e. The molecule has 1 N–H and O–H groups in total. The lowest BCUT2D eigenvalue weighted by Crippen LogP contribution is -2.32. The summed E-state index contributed by atoms with van der Waals surface area (Å²) in [5.74, 6) is 0.241. The molecule has 0 amide bonds. The summed E-state index contributed by atoms with van der Waals surface area (Å²) in [4.78, 5) is 1.84. The Bertz CT molecular complexity index is 633. The molecule has 0 radical (unpaired) electrons. The van der Waals surface area contributed by atoms with Crippen molar-refractivity contribution in [1.29, 1.82) is 0 Å². The predicted octanol–water partition coefficient (Wildman–Crippen LogP) is 3.53. The molecule has 0 aliphatic carbocycles. The van der Waals surface area contributed by atoms with Gasteiger partial charge in [-0.3, -0.25) is 0 Å². The van der Waals surface area contributed by atoms with E-state index in [4.69, 9.17) is 4.74 Å². The second kappa shape index (κ2) is 6.32. The van der Waals surface area contributed by atoms with Crippen LogP contribution < -0.4 is 9.64 Å². The van der Waals surface area contributed by atoms with Gasteiger partial charge in [-0.05, 0) is 36.4 Å². The Hall–Kier alpha value is -2.14. The number of rotatable bonds is 4. The van der Waals surface area contributed by atoms with E-state index in [1.54, 1.807) is 42.5 Å². The van der Waals surface area contributed by atoms with Gasteiger partial charge in [-0.1, -0.05) is 12.1 Å². The SMILES string of the molecule is OC[C@@H]1C[C@H](F)CN1c1ccc(Oc2ccccc2F)cc1. The largest absolute Gasteiger partial charge is 0.454 e. The highest BCUT2D eigenvalue weighted by atomic mass is 19.1. The maximum absolute atomic E-state index is 13.5. The molecule has 3 rings (SSSR count). The topological polar surface area (TPSA) is 32.7 Å². The summed E-state index contributed by atoms with van der Waals surface area (Å²) in [6.45, 7) is 0.201. The number of aliphatic hydroxyl groups is 1. The van der Waals surface area contributed by atoms with E-state index in [0.29, 0.717) is 12.2 Å². The Balaban J connectivity index is 1.74. The Morgan fingerprint density at radius 1 is 1.14 bits per heavy atom. The van der Waals surface area contributed by atoms with Crippen LogP contribution in [-0.4, -0.2) is 30.5 Å².